The van der Waals surface area contributed by atoms with Crippen LogP contribution in [0.25, 0.3) is 11.6 Å². The van der Waals surface area contributed by atoms with E-state index in [-0.39, 0.29) is 42.7 Å². The first kappa shape index (κ1) is 23.8. The van der Waals surface area contributed by atoms with Gasteiger partial charge in [-0.15, -0.1) is 11.3 Å². The Labute approximate surface area is 202 Å². The van der Waals surface area contributed by atoms with Crippen molar-refractivity contribution in [3.63, 3.8) is 0 Å². The van der Waals surface area contributed by atoms with Crippen LogP contribution in [0.15, 0.2) is 70.9 Å². The predicted molar refractivity (Wildman–Crippen MR) is 132 cm³/mol. The Balaban J connectivity index is 1.51. The van der Waals surface area contributed by atoms with Crippen LogP contribution in [0.2, 0.25) is 0 Å². The summed E-state index contributed by atoms with van der Waals surface area (Å²) in [5.74, 6) is -0.142. The van der Waals surface area contributed by atoms with E-state index >= 15 is 0 Å². The molecule has 34 heavy (non-hydrogen) atoms. The fourth-order valence-electron chi connectivity index (χ4n) is 3.79. The van der Waals surface area contributed by atoms with Crippen LogP contribution in [0.3, 0.4) is 0 Å². The average Bonchev–Trinajstić information content (AvgIpc) is 3.37. The van der Waals surface area contributed by atoms with E-state index in [1.54, 1.807) is 4.90 Å². The first-order valence-corrected chi connectivity index (χ1v) is 12.9. The van der Waals surface area contributed by atoms with Gasteiger partial charge < -0.3 is 4.90 Å². The molecule has 0 bridgehead atoms. The second-order valence-electron chi connectivity index (χ2n) is 7.90. The summed E-state index contributed by atoms with van der Waals surface area (Å²) in [4.78, 5) is 26.2. The largest absolute Gasteiger partial charge is 0.336 e. The molecule has 3 aromatic rings. The Bertz CT molecular complexity index is 1330. The number of hydrogen-bond donors (Lipinski definition) is 0. The zero-order valence-electron chi connectivity index (χ0n) is 18.5. The second kappa shape index (κ2) is 9.88. The fraction of sp³-hybridized carbons (Fsp3) is 0.208. The average molecular weight is 498 g/mol. The van der Waals surface area contributed by atoms with E-state index in [0.29, 0.717) is 5.57 Å². The van der Waals surface area contributed by atoms with Gasteiger partial charge in [-0.25, -0.2) is 8.42 Å². The van der Waals surface area contributed by atoms with E-state index in [2.05, 4.69) is 0 Å². The summed E-state index contributed by atoms with van der Waals surface area (Å²) in [5.41, 5.74) is 2.43. The Morgan fingerprint density at radius 2 is 1.74 bits per heavy atom. The third-order valence-electron chi connectivity index (χ3n) is 5.58. The highest BCUT2D eigenvalue weighted by Gasteiger charge is 2.31. The second-order valence-corrected chi connectivity index (χ2v) is 10.8. The van der Waals surface area contributed by atoms with E-state index in [9.17, 15) is 23.3 Å². The van der Waals surface area contributed by atoms with Crippen molar-refractivity contribution in [3.05, 3.63) is 92.2 Å². The van der Waals surface area contributed by atoms with Crippen molar-refractivity contribution < 1.29 is 18.1 Å². The van der Waals surface area contributed by atoms with Crippen LogP contribution >= 0.6 is 11.3 Å². The lowest BCUT2D eigenvalue weighted by molar-refractivity contribution is -0.384. The van der Waals surface area contributed by atoms with Crippen molar-refractivity contribution in [3.8, 4) is 0 Å². The van der Waals surface area contributed by atoms with Crippen LogP contribution < -0.4 is 0 Å². The molecule has 0 spiro atoms. The van der Waals surface area contributed by atoms with Crippen LogP contribution in [0.4, 0.5) is 5.69 Å². The number of amides is 1. The van der Waals surface area contributed by atoms with Crippen LogP contribution in [0.1, 0.15) is 16.0 Å². The van der Waals surface area contributed by atoms with Crippen molar-refractivity contribution in [2.75, 3.05) is 26.2 Å². The summed E-state index contributed by atoms with van der Waals surface area (Å²) in [6.07, 6.45) is 1.88. The molecule has 1 saturated heterocycles. The molecule has 1 aromatic heterocycles. The molecule has 0 radical (unpaired) electrons. The third kappa shape index (κ3) is 5.09. The minimum Gasteiger partial charge on any atom is -0.336 e. The number of carbonyl (C=O) groups excluding carboxylic acids is 1. The van der Waals surface area contributed by atoms with Gasteiger partial charge in [0, 0.05) is 43.2 Å². The molecule has 0 saturated carbocycles. The first-order chi connectivity index (χ1) is 16.3. The standard InChI is InChI=1S/C24H23N3O5S2/c1-18-4-2-5-19(16-18)17-22(23-6-3-15-33-23)24(28)25-11-13-26(14-12-25)34(31,32)21-9-7-20(8-10-21)27(29)30/h2-10,15-17H,11-14H2,1H3/b22-17+. The molecular weight excluding hydrogens is 474 g/mol. The summed E-state index contributed by atoms with van der Waals surface area (Å²) >= 11 is 1.48. The predicted octanol–water partition coefficient (Wildman–Crippen LogP) is 4.04. The molecule has 0 atom stereocenters. The van der Waals surface area contributed by atoms with E-state index in [1.165, 1.54) is 39.9 Å². The van der Waals surface area contributed by atoms with Crippen LogP contribution in [-0.4, -0.2) is 54.6 Å². The molecule has 1 fully saturated rings. The number of aryl methyl sites for hydroxylation is 1. The molecule has 0 unspecified atom stereocenters. The number of nitro groups is 1. The number of nitro benzene ring substituents is 1. The molecule has 8 nitrogen and oxygen atoms in total. The molecule has 2 heterocycles. The molecule has 1 aliphatic rings. The van der Waals surface area contributed by atoms with E-state index in [1.807, 2.05) is 54.8 Å². The minimum atomic E-state index is -3.81. The van der Waals surface area contributed by atoms with Crippen LogP contribution in [0, 0.1) is 17.0 Å². The highest BCUT2D eigenvalue weighted by atomic mass is 32.2. The summed E-state index contributed by atoms with van der Waals surface area (Å²) in [6.45, 7) is 2.79. The van der Waals surface area contributed by atoms with Crippen molar-refractivity contribution in [1.29, 1.82) is 0 Å². The normalized spacial score (nSPS) is 15.3. The number of non-ortho nitro benzene ring substituents is 1. The number of carbonyl (C=O) groups is 1. The number of benzene rings is 2. The Kier molecular flexibility index (Phi) is 6.92. The van der Waals surface area contributed by atoms with Gasteiger partial charge in [0.05, 0.1) is 15.4 Å². The Hall–Kier alpha value is -3.34. The SMILES string of the molecule is Cc1cccc(/C=C(/C(=O)N2CCN(S(=O)(=O)c3ccc([N+](=O)[O-])cc3)CC2)c2cccs2)c1. The van der Waals surface area contributed by atoms with E-state index < -0.39 is 14.9 Å². The number of rotatable bonds is 6. The maximum absolute atomic E-state index is 13.4. The van der Waals surface area contributed by atoms with Crippen LogP contribution in [0.5, 0.6) is 0 Å². The number of thiophene rings is 1. The number of hydrogen-bond acceptors (Lipinski definition) is 6. The van der Waals surface area contributed by atoms with Gasteiger partial charge in [-0.1, -0.05) is 35.9 Å². The summed E-state index contributed by atoms with van der Waals surface area (Å²) in [6, 6.07) is 16.5. The molecule has 0 N–H and O–H groups in total. The van der Waals surface area contributed by atoms with Gasteiger partial charge in [-0.05, 0) is 42.1 Å². The maximum atomic E-state index is 13.4. The number of nitrogens with zero attached hydrogens (tertiary/aromatic N) is 3. The molecule has 0 aliphatic carbocycles. The molecule has 10 heteroatoms. The van der Waals surface area contributed by atoms with Crippen molar-refractivity contribution in [2.45, 2.75) is 11.8 Å². The quantitative estimate of drug-likeness (QED) is 0.291. The summed E-state index contributed by atoms with van der Waals surface area (Å²) in [5, 5.41) is 12.8. The fourth-order valence-corrected chi connectivity index (χ4v) is 5.94. The topological polar surface area (TPSA) is 101 Å². The number of sulfonamides is 1. The molecule has 1 aliphatic heterocycles. The number of piperazine rings is 1. The van der Waals surface area contributed by atoms with E-state index in [4.69, 9.17) is 0 Å². The van der Waals surface area contributed by atoms with Gasteiger partial charge >= 0.3 is 0 Å². The van der Waals surface area contributed by atoms with Gasteiger partial charge in [0.25, 0.3) is 11.6 Å². The molecule has 1 amide bonds. The minimum absolute atomic E-state index is 0.00325. The zero-order chi connectivity index (χ0) is 24.3. The highest BCUT2D eigenvalue weighted by Crippen LogP contribution is 2.27. The molecule has 176 valence electrons. The van der Waals surface area contributed by atoms with Gasteiger partial charge in [-0.3, -0.25) is 14.9 Å². The molecule has 4 rings (SSSR count). The van der Waals surface area contributed by atoms with Gasteiger partial charge in [0.1, 0.15) is 0 Å². The Morgan fingerprint density at radius 1 is 1.03 bits per heavy atom. The van der Waals surface area contributed by atoms with Gasteiger partial charge in [0.2, 0.25) is 10.0 Å². The smallest absolute Gasteiger partial charge is 0.269 e. The summed E-state index contributed by atoms with van der Waals surface area (Å²) < 4.78 is 27.3. The first-order valence-electron chi connectivity index (χ1n) is 10.6. The van der Waals surface area contributed by atoms with Crippen LogP contribution in [-0.2, 0) is 14.8 Å². The third-order valence-corrected chi connectivity index (χ3v) is 8.40. The van der Waals surface area contributed by atoms with Crippen molar-refractivity contribution in [2.24, 2.45) is 0 Å². The van der Waals surface area contributed by atoms with Crippen molar-refractivity contribution >= 4 is 44.6 Å². The molecule has 2 aromatic carbocycles. The maximum Gasteiger partial charge on any atom is 0.269 e. The molecular formula is C24H23N3O5S2. The van der Waals surface area contributed by atoms with Gasteiger partial charge in [-0.2, -0.15) is 4.31 Å². The highest BCUT2D eigenvalue weighted by molar-refractivity contribution is 7.89. The van der Waals surface area contributed by atoms with Crippen molar-refractivity contribution in [1.82, 2.24) is 9.21 Å². The Morgan fingerprint density at radius 3 is 2.32 bits per heavy atom. The lowest BCUT2D eigenvalue weighted by Gasteiger charge is -2.34. The van der Waals surface area contributed by atoms with Gasteiger partial charge in [0.15, 0.2) is 0 Å². The summed E-state index contributed by atoms with van der Waals surface area (Å²) in [7, 11) is -3.81. The monoisotopic (exact) mass is 497 g/mol. The lowest BCUT2D eigenvalue weighted by Crippen LogP contribution is -2.50. The van der Waals surface area contributed by atoms with E-state index in [0.717, 1.165) is 16.0 Å². The zero-order valence-corrected chi connectivity index (χ0v) is 20.1. The lowest BCUT2D eigenvalue weighted by atomic mass is 10.1.